The molecule has 1 saturated heterocycles. The Morgan fingerprint density at radius 1 is 1.17 bits per heavy atom. The number of halogens is 1. The van der Waals surface area contributed by atoms with Gasteiger partial charge in [-0.1, -0.05) is 11.6 Å². The summed E-state index contributed by atoms with van der Waals surface area (Å²) in [6.07, 6.45) is 4.61. The topological polar surface area (TPSA) is 87.6 Å². The Morgan fingerprint density at radius 2 is 1.97 bits per heavy atom. The summed E-state index contributed by atoms with van der Waals surface area (Å²) in [5, 5.41) is 14.8. The normalized spacial score (nSPS) is 25.3. The molecule has 3 aliphatic rings. The van der Waals surface area contributed by atoms with Crippen LogP contribution in [0.5, 0.6) is 5.75 Å². The van der Waals surface area contributed by atoms with E-state index in [1.165, 1.54) is 0 Å². The average molecular weight is 493 g/mol. The molecule has 2 aliphatic heterocycles. The zero-order valence-corrected chi connectivity index (χ0v) is 20.5. The Balaban J connectivity index is 1.06. The number of fused-ring (bicyclic) bond motifs is 3. The lowest BCUT2D eigenvalue weighted by Gasteiger charge is -2.40. The summed E-state index contributed by atoms with van der Waals surface area (Å²) < 4.78 is 6.06. The number of amides is 1. The van der Waals surface area contributed by atoms with E-state index in [1.54, 1.807) is 6.33 Å². The molecule has 3 heterocycles. The lowest BCUT2D eigenvalue weighted by atomic mass is 9.70. The molecule has 35 heavy (non-hydrogen) atoms. The molecule has 0 bridgehead atoms. The fourth-order valence-electron chi connectivity index (χ4n) is 6.00. The second-order valence-corrected chi connectivity index (χ2v) is 10.9. The van der Waals surface area contributed by atoms with Crippen molar-refractivity contribution in [2.24, 2.45) is 0 Å². The molecule has 2 fully saturated rings. The monoisotopic (exact) mass is 492 g/mol. The maximum absolute atomic E-state index is 12.8. The van der Waals surface area contributed by atoms with Crippen LogP contribution in [0.4, 0.5) is 5.69 Å². The molecule has 1 saturated carbocycles. The van der Waals surface area contributed by atoms with E-state index in [0.717, 1.165) is 78.9 Å². The maximum atomic E-state index is 12.8. The molecule has 1 aromatic heterocycles. The van der Waals surface area contributed by atoms with Crippen LogP contribution in [0.15, 0.2) is 42.7 Å². The highest BCUT2D eigenvalue weighted by Gasteiger charge is 2.48. The summed E-state index contributed by atoms with van der Waals surface area (Å²) in [5.41, 5.74) is 2.74. The summed E-state index contributed by atoms with van der Waals surface area (Å²) in [5.74, 6) is 1.15. The number of carbonyl (C=O) groups is 1. The number of likely N-dealkylation sites (tertiary alicyclic amines) is 1. The van der Waals surface area contributed by atoms with Crippen molar-refractivity contribution in [2.75, 3.05) is 31.6 Å². The van der Waals surface area contributed by atoms with Gasteiger partial charge in [0.2, 0.25) is 5.91 Å². The fraction of sp³-hybridized carbons (Fsp3) is 0.444. The Labute approximate surface area is 209 Å². The Morgan fingerprint density at radius 3 is 2.74 bits per heavy atom. The number of anilines is 1. The second-order valence-electron chi connectivity index (χ2n) is 10.5. The summed E-state index contributed by atoms with van der Waals surface area (Å²) in [6.45, 7) is 4.91. The predicted molar refractivity (Wildman–Crippen MR) is 135 cm³/mol. The molecule has 2 aromatic carbocycles. The van der Waals surface area contributed by atoms with Gasteiger partial charge in [-0.15, -0.1) is 0 Å². The number of ether oxygens (including phenoxy) is 1. The number of rotatable bonds is 5. The number of nitrogens with one attached hydrogen (secondary N) is 1. The molecule has 7 nitrogen and oxygen atoms in total. The molecule has 2 N–H and O–H groups in total. The first kappa shape index (κ1) is 22.7. The van der Waals surface area contributed by atoms with Crippen LogP contribution in [0.1, 0.15) is 49.8 Å². The van der Waals surface area contributed by atoms with Crippen LogP contribution in [0.3, 0.4) is 0 Å². The molecule has 6 rings (SSSR count). The number of aliphatic hydroxyl groups is 1. The van der Waals surface area contributed by atoms with Gasteiger partial charge in [-0.25, -0.2) is 9.97 Å². The summed E-state index contributed by atoms with van der Waals surface area (Å²) in [7, 11) is 0. The SMILES string of the molecule is CC1(O)CC(c2ncnc3cc(OCCN4CCC5(CC4)C(=O)Nc4ccc(Cl)cc45)ccc23)C1. The molecular weight excluding hydrogens is 464 g/mol. The van der Waals surface area contributed by atoms with Crippen LogP contribution < -0.4 is 10.1 Å². The highest BCUT2D eigenvalue weighted by molar-refractivity contribution is 6.31. The lowest BCUT2D eigenvalue weighted by molar-refractivity contribution is -0.122. The minimum absolute atomic E-state index is 0.0914. The molecule has 3 aromatic rings. The van der Waals surface area contributed by atoms with E-state index in [9.17, 15) is 9.90 Å². The zero-order chi connectivity index (χ0) is 24.2. The summed E-state index contributed by atoms with van der Waals surface area (Å²) >= 11 is 6.23. The lowest BCUT2D eigenvalue weighted by Crippen LogP contribution is -2.47. The highest BCUT2D eigenvalue weighted by atomic mass is 35.5. The molecule has 1 aliphatic carbocycles. The van der Waals surface area contributed by atoms with E-state index in [-0.39, 0.29) is 11.8 Å². The molecule has 0 atom stereocenters. The van der Waals surface area contributed by atoms with Gasteiger partial charge in [-0.05, 0) is 81.6 Å². The fourth-order valence-corrected chi connectivity index (χ4v) is 6.17. The van der Waals surface area contributed by atoms with E-state index in [0.29, 0.717) is 11.6 Å². The highest BCUT2D eigenvalue weighted by Crippen LogP contribution is 2.46. The van der Waals surface area contributed by atoms with Crippen LogP contribution >= 0.6 is 11.6 Å². The first-order valence-corrected chi connectivity index (χ1v) is 12.6. The first-order chi connectivity index (χ1) is 16.8. The van der Waals surface area contributed by atoms with Crippen molar-refractivity contribution in [2.45, 2.75) is 49.5 Å². The number of nitrogens with zero attached hydrogens (tertiary/aromatic N) is 3. The van der Waals surface area contributed by atoms with E-state index in [4.69, 9.17) is 16.3 Å². The number of benzene rings is 2. The van der Waals surface area contributed by atoms with Gasteiger partial charge >= 0.3 is 0 Å². The number of carbonyl (C=O) groups excluding carboxylic acids is 1. The number of piperidine rings is 1. The Kier molecular flexibility index (Phi) is 5.47. The van der Waals surface area contributed by atoms with Crippen molar-refractivity contribution in [3.8, 4) is 5.75 Å². The summed E-state index contributed by atoms with van der Waals surface area (Å²) in [4.78, 5) is 24.1. The van der Waals surface area contributed by atoms with E-state index in [2.05, 4.69) is 20.2 Å². The minimum Gasteiger partial charge on any atom is -0.492 e. The van der Waals surface area contributed by atoms with Gasteiger partial charge in [0.15, 0.2) is 0 Å². The molecule has 1 amide bonds. The third-order valence-corrected chi connectivity index (χ3v) is 8.20. The molecule has 0 radical (unpaired) electrons. The van der Waals surface area contributed by atoms with E-state index in [1.807, 2.05) is 43.3 Å². The largest absolute Gasteiger partial charge is 0.492 e. The molecule has 0 unspecified atom stereocenters. The van der Waals surface area contributed by atoms with Crippen molar-refractivity contribution in [1.29, 1.82) is 0 Å². The van der Waals surface area contributed by atoms with Crippen molar-refractivity contribution in [3.63, 3.8) is 0 Å². The molecular formula is C27H29ClN4O3. The number of hydrogen-bond donors (Lipinski definition) is 2. The van der Waals surface area contributed by atoms with Gasteiger partial charge in [0.1, 0.15) is 18.7 Å². The standard InChI is InChI=1S/C27H29ClN4O3/c1-26(34)14-17(15-26)24-20-4-3-19(13-23(20)29-16-30-24)35-11-10-32-8-6-27(7-9-32)21-12-18(28)2-5-22(21)31-25(27)33/h2-5,12-13,16-17,34H,6-11,14-15H2,1H3,(H,31,33). The Bertz CT molecular complexity index is 1290. The van der Waals surface area contributed by atoms with Gasteiger partial charge in [-0.2, -0.15) is 0 Å². The third kappa shape index (κ3) is 4.05. The quantitative estimate of drug-likeness (QED) is 0.553. The number of hydrogen-bond acceptors (Lipinski definition) is 6. The maximum Gasteiger partial charge on any atom is 0.235 e. The Hall–Kier alpha value is -2.74. The van der Waals surface area contributed by atoms with Crippen molar-refractivity contribution < 1.29 is 14.6 Å². The predicted octanol–water partition coefficient (Wildman–Crippen LogP) is 4.28. The third-order valence-electron chi connectivity index (χ3n) is 7.96. The van der Waals surface area contributed by atoms with E-state index < -0.39 is 11.0 Å². The van der Waals surface area contributed by atoms with Gasteiger partial charge in [0.05, 0.1) is 22.2 Å². The van der Waals surface area contributed by atoms with Crippen LogP contribution in [0.25, 0.3) is 10.9 Å². The average Bonchev–Trinajstić information content (AvgIpc) is 3.08. The van der Waals surface area contributed by atoms with Crippen LogP contribution in [0.2, 0.25) is 5.02 Å². The molecule has 1 spiro atoms. The minimum atomic E-state index is -0.586. The van der Waals surface area contributed by atoms with Crippen LogP contribution in [-0.4, -0.2) is 57.7 Å². The van der Waals surface area contributed by atoms with E-state index >= 15 is 0 Å². The van der Waals surface area contributed by atoms with Gasteiger partial charge in [0.25, 0.3) is 0 Å². The molecule has 182 valence electrons. The van der Waals surface area contributed by atoms with Crippen molar-refractivity contribution in [3.05, 3.63) is 59.0 Å². The van der Waals surface area contributed by atoms with Crippen molar-refractivity contribution >= 4 is 34.1 Å². The second kappa shape index (κ2) is 8.43. The van der Waals surface area contributed by atoms with Gasteiger partial charge in [0, 0.05) is 34.6 Å². The first-order valence-electron chi connectivity index (χ1n) is 12.3. The smallest absolute Gasteiger partial charge is 0.235 e. The van der Waals surface area contributed by atoms with Crippen LogP contribution in [0, 0.1) is 0 Å². The van der Waals surface area contributed by atoms with Crippen LogP contribution in [-0.2, 0) is 10.2 Å². The van der Waals surface area contributed by atoms with Gasteiger partial charge in [-0.3, -0.25) is 9.69 Å². The summed E-state index contributed by atoms with van der Waals surface area (Å²) in [6, 6.07) is 11.6. The zero-order valence-electron chi connectivity index (χ0n) is 19.8. The van der Waals surface area contributed by atoms with Crippen molar-refractivity contribution in [1.82, 2.24) is 14.9 Å². The van der Waals surface area contributed by atoms with Gasteiger partial charge < -0.3 is 15.2 Å². The number of aromatic nitrogens is 2. The molecule has 8 heteroatoms.